The van der Waals surface area contributed by atoms with E-state index in [1.54, 1.807) is 12.1 Å². The van der Waals surface area contributed by atoms with Crippen LogP contribution >= 0.6 is 0 Å². The summed E-state index contributed by atoms with van der Waals surface area (Å²) in [6, 6.07) is 3.07. The molecule has 0 atom stereocenters. The van der Waals surface area contributed by atoms with E-state index in [1.807, 2.05) is 5.32 Å². The second-order valence-corrected chi connectivity index (χ2v) is 6.03. The van der Waals surface area contributed by atoms with Crippen LogP contribution in [0, 0.1) is 0 Å². The summed E-state index contributed by atoms with van der Waals surface area (Å²) in [4.78, 5) is 35.6. The van der Waals surface area contributed by atoms with E-state index >= 15 is 0 Å². The second kappa shape index (κ2) is 7.25. The van der Waals surface area contributed by atoms with Crippen molar-refractivity contribution < 1.29 is 27.2 Å². The molecule has 0 unspecified atom stereocenters. The molecule has 144 valence electrons. The maximum atomic E-state index is 13.1. The number of nitrogens with one attached hydrogen (secondary N) is 2. The second-order valence-electron chi connectivity index (χ2n) is 6.03. The van der Waals surface area contributed by atoms with Crippen molar-refractivity contribution in [1.82, 2.24) is 20.4 Å². The van der Waals surface area contributed by atoms with Gasteiger partial charge in [-0.2, -0.15) is 18.3 Å². The summed E-state index contributed by atoms with van der Waals surface area (Å²) in [7, 11) is 0. The Hall–Kier alpha value is -3.11. The first-order valence-corrected chi connectivity index (χ1v) is 8.03. The molecule has 0 aromatic carbocycles. The lowest BCUT2D eigenvalue weighted by Gasteiger charge is -2.12. The average molecular weight is 384 g/mol. The molecule has 8 nitrogen and oxygen atoms in total. The van der Waals surface area contributed by atoms with Crippen molar-refractivity contribution in [2.45, 2.75) is 38.0 Å². The van der Waals surface area contributed by atoms with E-state index in [1.165, 1.54) is 6.26 Å². The third-order valence-electron chi connectivity index (χ3n) is 3.84. The summed E-state index contributed by atoms with van der Waals surface area (Å²) in [5, 5.41) is 8.11. The fourth-order valence-electron chi connectivity index (χ4n) is 2.38. The van der Waals surface area contributed by atoms with Crippen molar-refractivity contribution in [1.29, 1.82) is 0 Å². The van der Waals surface area contributed by atoms with Crippen molar-refractivity contribution in [3.05, 3.63) is 51.8 Å². The molecule has 11 heteroatoms. The van der Waals surface area contributed by atoms with Crippen molar-refractivity contribution in [3.8, 4) is 0 Å². The Morgan fingerprint density at radius 1 is 1.33 bits per heavy atom. The monoisotopic (exact) mass is 384 g/mol. The standard InChI is InChI=1S/C16H15F3N4O4/c17-16(18,19)11-6-12(9-3-4-9)22-23(14(11)25)8-13(24)21-15(26)20-7-10-2-1-5-27-10/h1-2,5-6,9H,3-4,7-8H2,(H2,20,21,24,26). The number of hydrogen-bond acceptors (Lipinski definition) is 5. The molecule has 2 N–H and O–H groups in total. The quantitative estimate of drug-likeness (QED) is 0.817. The van der Waals surface area contributed by atoms with E-state index in [9.17, 15) is 27.6 Å². The van der Waals surface area contributed by atoms with Crippen molar-refractivity contribution in [2.24, 2.45) is 0 Å². The predicted octanol–water partition coefficient (Wildman–Crippen LogP) is 1.76. The molecule has 0 spiro atoms. The van der Waals surface area contributed by atoms with Gasteiger partial charge in [0.25, 0.3) is 5.56 Å². The minimum atomic E-state index is -4.86. The number of rotatable bonds is 5. The van der Waals surface area contributed by atoms with Gasteiger partial charge in [-0.25, -0.2) is 9.48 Å². The Kier molecular flexibility index (Phi) is 5.02. The van der Waals surface area contributed by atoms with E-state index in [0.717, 1.165) is 6.07 Å². The van der Waals surface area contributed by atoms with Crippen LogP contribution in [0.5, 0.6) is 0 Å². The van der Waals surface area contributed by atoms with Gasteiger partial charge in [-0.15, -0.1) is 0 Å². The summed E-state index contributed by atoms with van der Waals surface area (Å²) in [5.41, 5.74) is -2.70. The lowest BCUT2D eigenvalue weighted by molar-refractivity contribution is -0.139. The topological polar surface area (TPSA) is 106 Å². The number of carbonyl (C=O) groups excluding carboxylic acids is 2. The normalized spacial score (nSPS) is 14.0. The fraction of sp³-hybridized carbons (Fsp3) is 0.375. The third-order valence-corrected chi connectivity index (χ3v) is 3.84. The highest BCUT2D eigenvalue weighted by Crippen LogP contribution is 2.40. The Morgan fingerprint density at radius 2 is 2.07 bits per heavy atom. The summed E-state index contributed by atoms with van der Waals surface area (Å²) in [6.45, 7) is -0.795. The number of imide groups is 1. The van der Waals surface area contributed by atoms with E-state index in [-0.39, 0.29) is 18.2 Å². The van der Waals surface area contributed by atoms with E-state index in [0.29, 0.717) is 23.3 Å². The van der Waals surface area contributed by atoms with Gasteiger partial charge < -0.3 is 9.73 Å². The number of carbonyl (C=O) groups is 2. The minimum Gasteiger partial charge on any atom is -0.467 e. The molecule has 27 heavy (non-hydrogen) atoms. The van der Waals surface area contributed by atoms with E-state index in [2.05, 4.69) is 10.4 Å². The average Bonchev–Trinajstić information content (AvgIpc) is 3.29. The lowest BCUT2D eigenvalue weighted by Crippen LogP contribution is -2.43. The minimum absolute atomic E-state index is 0.0136. The van der Waals surface area contributed by atoms with Crippen LogP contribution in [0.1, 0.15) is 35.8 Å². The van der Waals surface area contributed by atoms with Crippen LogP contribution in [0.2, 0.25) is 0 Å². The van der Waals surface area contributed by atoms with Crippen molar-refractivity contribution >= 4 is 11.9 Å². The number of furan rings is 1. The molecule has 1 aliphatic carbocycles. The molecule has 1 aliphatic rings. The van der Waals surface area contributed by atoms with Gasteiger partial charge in [-0.3, -0.25) is 14.9 Å². The molecule has 0 radical (unpaired) electrons. The van der Waals surface area contributed by atoms with E-state index in [4.69, 9.17) is 4.42 Å². The first kappa shape index (κ1) is 18.7. The molecule has 2 aromatic heterocycles. The molecule has 0 bridgehead atoms. The number of hydrogen-bond donors (Lipinski definition) is 2. The zero-order chi connectivity index (χ0) is 19.6. The van der Waals surface area contributed by atoms with Gasteiger partial charge in [-0.05, 0) is 31.0 Å². The maximum absolute atomic E-state index is 13.1. The van der Waals surface area contributed by atoms with Gasteiger partial charge in [0.15, 0.2) is 0 Å². The summed E-state index contributed by atoms with van der Waals surface area (Å²) < 4.78 is 44.6. The van der Waals surface area contributed by atoms with Gasteiger partial charge in [0, 0.05) is 5.92 Å². The molecule has 1 saturated carbocycles. The molecule has 1 fully saturated rings. The molecule has 2 heterocycles. The summed E-state index contributed by atoms with van der Waals surface area (Å²) in [6.07, 6.45) is -2.11. The maximum Gasteiger partial charge on any atom is 0.421 e. The fourth-order valence-corrected chi connectivity index (χ4v) is 2.38. The molecular formula is C16H15F3N4O4. The largest absolute Gasteiger partial charge is 0.467 e. The first-order valence-electron chi connectivity index (χ1n) is 8.03. The predicted molar refractivity (Wildman–Crippen MR) is 84.6 cm³/mol. The highest BCUT2D eigenvalue weighted by atomic mass is 19.4. The summed E-state index contributed by atoms with van der Waals surface area (Å²) >= 11 is 0. The number of urea groups is 1. The Balaban J connectivity index is 1.68. The highest BCUT2D eigenvalue weighted by Gasteiger charge is 2.37. The van der Waals surface area contributed by atoms with Crippen molar-refractivity contribution in [2.75, 3.05) is 0 Å². The molecule has 3 amide bonds. The molecule has 3 rings (SSSR count). The van der Waals surface area contributed by atoms with E-state index < -0.39 is 35.8 Å². The van der Waals surface area contributed by atoms with Gasteiger partial charge >= 0.3 is 12.2 Å². The number of amides is 3. The van der Waals surface area contributed by atoms with Crippen LogP contribution in [0.3, 0.4) is 0 Å². The van der Waals surface area contributed by atoms with Crippen LogP contribution < -0.4 is 16.2 Å². The molecule has 0 saturated heterocycles. The van der Waals surface area contributed by atoms with Crippen LogP contribution in [0.15, 0.2) is 33.7 Å². The zero-order valence-electron chi connectivity index (χ0n) is 13.9. The Morgan fingerprint density at radius 3 is 2.67 bits per heavy atom. The summed E-state index contributed by atoms with van der Waals surface area (Å²) in [5.74, 6) is -0.678. The van der Waals surface area contributed by atoms with Gasteiger partial charge in [0.2, 0.25) is 5.91 Å². The van der Waals surface area contributed by atoms with Gasteiger partial charge in [0.1, 0.15) is 17.9 Å². The lowest BCUT2D eigenvalue weighted by atomic mass is 10.2. The number of nitrogens with zero attached hydrogens (tertiary/aromatic N) is 2. The van der Waals surface area contributed by atoms with Gasteiger partial charge in [-0.1, -0.05) is 0 Å². The van der Waals surface area contributed by atoms with Crippen LogP contribution in [-0.4, -0.2) is 21.7 Å². The Labute approximate surface area is 150 Å². The number of aromatic nitrogens is 2. The number of halogens is 3. The van der Waals surface area contributed by atoms with Crippen LogP contribution in [-0.2, 0) is 24.1 Å². The zero-order valence-corrected chi connectivity index (χ0v) is 13.9. The van der Waals surface area contributed by atoms with Crippen LogP contribution in [0.4, 0.5) is 18.0 Å². The molecule has 2 aromatic rings. The number of alkyl halides is 3. The van der Waals surface area contributed by atoms with Crippen LogP contribution in [0.25, 0.3) is 0 Å². The van der Waals surface area contributed by atoms with Gasteiger partial charge in [0.05, 0.1) is 18.5 Å². The SMILES string of the molecule is O=C(Cn1nc(C2CC2)cc(C(F)(F)F)c1=O)NC(=O)NCc1ccco1. The Bertz CT molecular complexity index is 901. The third kappa shape index (κ3) is 4.74. The van der Waals surface area contributed by atoms with Crippen molar-refractivity contribution in [3.63, 3.8) is 0 Å². The molecule has 0 aliphatic heterocycles. The first-order chi connectivity index (χ1) is 12.7. The smallest absolute Gasteiger partial charge is 0.421 e. The highest BCUT2D eigenvalue weighted by molar-refractivity contribution is 5.94. The molecular weight excluding hydrogens is 369 g/mol.